The van der Waals surface area contributed by atoms with Crippen LogP contribution in [0.1, 0.15) is 25.0 Å². The van der Waals surface area contributed by atoms with E-state index >= 15 is 0 Å². The first-order chi connectivity index (χ1) is 21.4. The monoisotopic (exact) mass is 649 g/mol. The number of oxime groups is 1. The molecule has 2 saturated heterocycles. The van der Waals surface area contributed by atoms with E-state index in [-0.39, 0.29) is 30.5 Å². The summed E-state index contributed by atoms with van der Waals surface area (Å²) >= 11 is 5.98. The molecule has 45 heavy (non-hydrogen) atoms. The average Bonchev–Trinajstić information content (AvgIpc) is 3.61. The van der Waals surface area contributed by atoms with Crippen molar-refractivity contribution in [1.82, 2.24) is 5.32 Å². The number of carbonyl (C=O) groups excluding carboxylic acids is 1. The number of nitrogens with zero attached hydrogens (tertiary/aromatic N) is 1. The first-order valence-corrected chi connectivity index (χ1v) is 14.6. The Bertz CT molecular complexity index is 1440. The van der Waals surface area contributed by atoms with E-state index in [2.05, 4.69) is 10.5 Å². The number of phenolic OH excluding ortho intramolecular Hbond substituents is 1. The molecule has 5 rings (SSSR count). The summed E-state index contributed by atoms with van der Waals surface area (Å²) in [5.74, 6) is -0.891. The Morgan fingerprint density at radius 2 is 1.80 bits per heavy atom. The third kappa shape index (κ3) is 7.25. The van der Waals surface area contributed by atoms with Crippen molar-refractivity contribution in [3.05, 3.63) is 64.2 Å². The number of phenols is 1. The van der Waals surface area contributed by atoms with Gasteiger partial charge < -0.3 is 60.4 Å². The van der Waals surface area contributed by atoms with Gasteiger partial charge in [-0.25, -0.2) is 0 Å². The highest BCUT2D eigenvalue weighted by atomic mass is 35.5. The number of hydrogen-bond acceptors (Lipinski definition) is 13. The maximum Gasteiger partial charge on any atom is 0.247 e. The third-order valence-electron chi connectivity index (χ3n) is 7.91. The van der Waals surface area contributed by atoms with Crippen molar-refractivity contribution in [3.8, 4) is 11.5 Å². The Morgan fingerprint density at radius 3 is 2.51 bits per heavy atom. The molecule has 2 aliphatic heterocycles. The zero-order chi connectivity index (χ0) is 32.4. The minimum atomic E-state index is -1.49. The summed E-state index contributed by atoms with van der Waals surface area (Å²) in [5, 5.41) is 59.8. The summed E-state index contributed by atoms with van der Waals surface area (Å²) in [6, 6.07) is 9.28. The highest BCUT2D eigenvalue weighted by molar-refractivity contribution is 6.30. The zero-order valence-corrected chi connectivity index (χ0v) is 25.2. The van der Waals surface area contributed by atoms with E-state index in [1.807, 2.05) is 6.07 Å². The van der Waals surface area contributed by atoms with E-state index in [9.17, 15) is 30.3 Å². The Hall–Kier alpha value is -3.31. The molecular weight excluding hydrogens is 614 g/mol. The van der Waals surface area contributed by atoms with Gasteiger partial charge in [-0.15, -0.1) is 0 Å². The van der Waals surface area contributed by atoms with Crippen molar-refractivity contribution in [3.63, 3.8) is 0 Å². The maximum absolute atomic E-state index is 12.9. The molecule has 2 heterocycles. The second kappa shape index (κ2) is 14.0. The number of halogens is 1. The van der Waals surface area contributed by atoms with E-state index in [1.54, 1.807) is 31.2 Å². The van der Waals surface area contributed by atoms with E-state index in [0.29, 0.717) is 16.3 Å². The SMILES string of the molecule is C/C(=C\c1ccc(O[C@@H]2O[C@H](/C(C)=N/OCc3cccc(Cl)c3)[C@@H](O)[C@@H]2N)c(O)c1)C(=O)N[C@@H]1[C@H](O)[C@@H](O)[C@H]2OCO[C@H]2[C@@H]1O. The van der Waals surface area contributed by atoms with Gasteiger partial charge in [0.25, 0.3) is 0 Å². The van der Waals surface area contributed by atoms with Crippen molar-refractivity contribution in [2.45, 2.75) is 81.6 Å². The number of amides is 1. The van der Waals surface area contributed by atoms with Crippen LogP contribution in [-0.4, -0.2) is 105 Å². The molecule has 8 N–H and O–H groups in total. The number of aromatic hydroxyl groups is 1. The summed E-state index contributed by atoms with van der Waals surface area (Å²) in [6.07, 6.45) is -7.71. The third-order valence-corrected chi connectivity index (χ3v) is 8.14. The Kier molecular flexibility index (Phi) is 10.3. The predicted octanol–water partition coefficient (Wildman–Crippen LogP) is 0.156. The van der Waals surface area contributed by atoms with Gasteiger partial charge in [-0.1, -0.05) is 35.0 Å². The summed E-state index contributed by atoms with van der Waals surface area (Å²) in [4.78, 5) is 18.2. The summed E-state index contributed by atoms with van der Waals surface area (Å²) in [5.41, 5.74) is 7.89. The highest BCUT2D eigenvalue weighted by Gasteiger charge is 2.53. The Balaban J connectivity index is 1.18. The molecule has 3 fully saturated rings. The van der Waals surface area contributed by atoms with E-state index < -0.39 is 67.0 Å². The minimum absolute atomic E-state index is 0.0186. The minimum Gasteiger partial charge on any atom is -0.504 e. The number of aliphatic hydroxyl groups is 4. The number of carbonyl (C=O) groups is 1. The topological polar surface area (TPSA) is 215 Å². The lowest BCUT2D eigenvalue weighted by Crippen LogP contribution is -2.67. The number of nitrogens with one attached hydrogen (secondary N) is 1. The van der Waals surface area contributed by atoms with Crippen LogP contribution in [0.2, 0.25) is 5.02 Å². The van der Waals surface area contributed by atoms with Gasteiger partial charge in [0.05, 0.1) is 17.8 Å². The van der Waals surface area contributed by atoms with Crippen LogP contribution in [0.15, 0.2) is 53.2 Å². The second-order valence-electron chi connectivity index (χ2n) is 11.2. The Labute approximate surface area is 263 Å². The van der Waals surface area contributed by atoms with Gasteiger partial charge in [0.1, 0.15) is 56.1 Å². The molecule has 14 nitrogen and oxygen atoms in total. The van der Waals surface area contributed by atoms with Crippen LogP contribution in [0.5, 0.6) is 11.5 Å². The molecule has 1 aliphatic carbocycles. The average molecular weight is 650 g/mol. The molecule has 244 valence electrons. The number of hydrogen-bond donors (Lipinski definition) is 7. The van der Waals surface area contributed by atoms with Gasteiger partial charge in [-0.2, -0.15) is 0 Å². The molecule has 0 unspecified atom stereocenters. The van der Waals surface area contributed by atoms with Crippen LogP contribution < -0.4 is 15.8 Å². The number of nitrogens with two attached hydrogens (primary N) is 1. The summed E-state index contributed by atoms with van der Waals surface area (Å²) in [6.45, 7) is 3.13. The lowest BCUT2D eigenvalue weighted by atomic mass is 9.83. The molecule has 10 atom stereocenters. The van der Waals surface area contributed by atoms with Gasteiger partial charge in [0.2, 0.25) is 12.2 Å². The molecule has 1 saturated carbocycles. The predicted molar refractivity (Wildman–Crippen MR) is 159 cm³/mol. The number of benzene rings is 2. The van der Waals surface area contributed by atoms with E-state index in [1.165, 1.54) is 25.1 Å². The van der Waals surface area contributed by atoms with Gasteiger partial charge in [-0.3, -0.25) is 4.79 Å². The van der Waals surface area contributed by atoms with Crippen molar-refractivity contribution >= 4 is 29.3 Å². The number of fused-ring (bicyclic) bond motifs is 1. The van der Waals surface area contributed by atoms with Crippen molar-refractivity contribution in [1.29, 1.82) is 0 Å². The fourth-order valence-corrected chi connectivity index (χ4v) is 5.62. The van der Waals surface area contributed by atoms with Gasteiger partial charge in [-0.05, 0) is 55.3 Å². The van der Waals surface area contributed by atoms with Crippen LogP contribution in [0.25, 0.3) is 6.08 Å². The van der Waals surface area contributed by atoms with E-state index in [0.717, 1.165) is 5.56 Å². The molecule has 3 aliphatic rings. The van der Waals surface area contributed by atoms with Crippen LogP contribution >= 0.6 is 11.6 Å². The smallest absolute Gasteiger partial charge is 0.247 e. The van der Waals surface area contributed by atoms with Crippen LogP contribution in [-0.2, 0) is 30.4 Å². The molecule has 0 radical (unpaired) electrons. The first-order valence-electron chi connectivity index (χ1n) is 14.2. The lowest BCUT2D eigenvalue weighted by molar-refractivity contribution is -0.155. The standard InChI is InChI=1S/C30H36ClN3O11/c1-13(29(40)33-21-23(37)25(39)28-27(24(21)38)41-12-42-28)8-15-6-7-19(18(35)10-15)44-30-20(32)22(36)26(45-30)14(2)34-43-11-16-4-3-5-17(31)9-16/h3-10,20-28,30,35-39H,11-12,32H2,1-2H3,(H,33,40)/b13-8+,34-14+/t20-,21+,22-,23-,24+,25+,26+,27-,28+,30+/m0/s1. The number of ether oxygens (including phenoxy) is 4. The quantitative estimate of drug-likeness (QED) is 0.110. The van der Waals surface area contributed by atoms with Crippen molar-refractivity contribution in [2.24, 2.45) is 10.9 Å². The number of aliphatic hydroxyl groups excluding tert-OH is 4. The normalized spacial score (nSPS) is 33.5. The van der Waals surface area contributed by atoms with Gasteiger partial charge >= 0.3 is 0 Å². The molecule has 15 heteroatoms. The fourth-order valence-electron chi connectivity index (χ4n) is 5.40. The number of rotatable bonds is 9. The molecule has 0 bridgehead atoms. The fraction of sp³-hybridized carbons (Fsp3) is 0.467. The van der Waals surface area contributed by atoms with Crippen molar-refractivity contribution < 1.29 is 54.1 Å². The van der Waals surface area contributed by atoms with Crippen LogP contribution in [0, 0.1) is 0 Å². The van der Waals surface area contributed by atoms with Crippen LogP contribution in [0.3, 0.4) is 0 Å². The lowest BCUT2D eigenvalue weighted by Gasteiger charge is -2.41. The molecule has 2 aromatic carbocycles. The molecule has 1 amide bonds. The first kappa shape index (κ1) is 33.1. The van der Waals surface area contributed by atoms with Gasteiger partial charge in [0.15, 0.2) is 11.5 Å². The van der Waals surface area contributed by atoms with E-state index in [4.69, 9.17) is 41.1 Å². The van der Waals surface area contributed by atoms with Gasteiger partial charge in [0, 0.05) is 10.6 Å². The zero-order valence-electron chi connectivity index (χ0n) is 24.4. The van der Waals surface area contributed by atoms with Crippen LogP contribution in [0.4, 0.5) is 0 Å². The second-order valence-corrected chi connectivity index (χ2v) is 11.6. The molecule has 2 aromatic rings. The highest BCUT2D eigenvalue weighted by Crippen LogP contribution is 2.33. The molecule has 0 aromatic heterocycles. The molecule has 0 spiro atoms. The Morgan fingerprint density at radius 1 is 1.07 bits per heavy atom. The largest absolute Gasteiger partial charge is 0.504 e. The maximum atomic E-state index is 12.9. The summed E-state index contributed by atoms with van der Waals surface area (Å²) < 4.78 is 22.1. The molecular formula is C30H36ClN3O11. The summed E-state index contributed by atoms with van der Waals surface area (Å²) in [7, 11) is 0. The van der Waals surface area contributed by atoms with Crippen molar-refractivity contribution in [2.75, 3.05) is 6.79 Å².